The van der Waals surface area contributed by atoms with E-state index in [1.807, 2.05) is 42.4 Å². The van der Waals surface area contributed by atoms with E-state index in [-0.39, 0.29) is 0 Å². The van der Waals surface area contributed by atoms with Crippen molar-refractivity contribution in [3.8, 4) is 17.2 Å². The molecule has 0 bridgehead atoms. The lowest BCUT2D eigenvalue weighted by Gasteiger charge is -2.23. The van der Waals surface area contributed by atoms with Crippen LogP contribution in [0.5, 0.6) is 17.2 Å². The first-order chi connectivity index (χ1) is 19.4. The number of ether oxygens (including phenoxy) is 2. The molecule has 2 N–H and O–H groups in total. The van der Waals surface area contributed by atoms with Crippen molar-refractivity contribution >= 4 is 39.5 Å². The van der Waals surface area contributed by atoms with E-state index >= 15 is 0 Å². The Morgan fingerprint density at radius 1 is 1.15 bits per heavy atom. The van der Waals surface area contributed by atoms with E-state index in [0.717, 1.165) is 76.2 Å². The van der Waals surface area contributed by atoms with Crippen molar-refractivity contribution in [3.63, 3.8) is 0 Å². The van der Waals surface area contributed by atoms with Gasteiger partial charge in [0.25, 0.3) is 0 Å². The second-order valence-electron chi connectivity index (χ2n) is 10.6. The summed E-state index contributed by atoms with van der Waals surface area (Å²) >= 11 is 0. The normalized spacial score (nSPS) is 14.4. The van der Waals surface area contributed by atoms with Gasteiger partial charge >= 0.3 is 0 Å². The summed E-state index contributed by atoms with van der Waals surface area (Å²) in [7, 11) is 2.01. The number of nitrogens with one attached hydrogen (secondary N) is 2. The lowest BCUT2D eigenvalue weighted by atomic mass is 10.00. The number of hydrogen-bond acceptors (Lipinski definition) is 7. The third-order valence-corrected chi connectivity index (χ3v) is 7.57. The maximum Gasteiger partial charge on any atom is 0.248 e. The van der Waals surface area contributed by atoms with Gasteiger partial charge in [-0.3, -0.25) is 0 Å². The zero-order chi connectivity index (χ0) is 27.8. The van der Waals surface area contributed by atoms with Gasteiger partial charge in [-0.15, -0.1) is 0 Å². The van der Waals surface area contributed by atoms with Gasteiger partial charge in [0.1, 0.15) is 23.6 Å². The van der Waals surface area contributed by atoms with E-state index in [4.69, 9.17) is 9.47 Å². The summed E-state index contributed by atoms with van der Waals surface area (Å²) < 4.78 is 15.0. The number of aryl methyl sites for hydroxylation is 1. The average molecular weight is 536 g/mol. The SMILES string of the molecule is C=CN(C)c1ccc(Oc2ccc(Nc3ncnc4ccc5c(c34)OCC3=[N+]5CCNC3)cc2C)cc1C(C)C. The van der Waals surface area contributed by atoms with Crippen molar-refractivity contribution in [2.24, 2.45) is 0 Å². The maximum atomic E-state index is 6.34. The van der Waals surface area contributed by atoms with Crippen LogP contribution < -0.4 is 25.0 Å². The topological polar surface area (TPSA) is 74.5 Å². The summed E-state index contributed by atoms with van der Waals surface area (Å²) in [5, 5.41) is 7.83. The van der Waals surface area contributed by atoms with Crippen LogP contribution >= 0.6 is 0 Å². The van der Waals surface area contributed by atoms with E-state index < -0.39 is 0 Å². The summed E-state index contributed by atoms with van der Waals surface area (Å²) in [6.45, 7) is 13.6. The summed E-state index contributed by atoms with van der Waals surface area (Å²) in [5.41, 5.74) is 7.43. The van der Waals surface area contributed by atoms with Crippen LogP contribution in [0.3, 0.4) is 0 Å². The summed E-state index contributed by atoms with van der Waals surface area (Å²) in [4.78, 5) is 11.2. The summed E-state index contributed by atoms with van der Waals surface area (Å²) in [6.07, 6.45) is 3.41. The Hall–Kier alpha value is -4.43. The van der Waals surface area contributed by atoms with Crippen LogP contribution in [0.1, 0.15) is 30.9 Å². The number of rotatable bonds is 7. The minimum atomic E-state index is 0.349. The number of aromatic nitrogens is 2. The fraction of sp³-hybridized carbons (Fsp3) is 0.281. The molecule has 0 atom stereocenters. The van der Waals surface area contributed by atoms with Crippen molar-refractivity contribution in [2.75, 3.05) is 43.5 Å². The van der Waals surface area contributed by atoms with Crippen LogP contribution in [-0.4, -0.2) is 53.5 Å². The highest BCUT2D eigenvalue weighted by Crippen LogP contribution is 2.41. The van der Waals surface area contributed by atoms with E-state index in [0.29, 0.717) is 12.5 Å². The van der Waals surface area contributed by atoms with Gasteiger partial charge in [-0.1, -0.05) is 20.4 Å². The number of benzene rings is 3. The molecule has 1 aromatic heterocycles. The Morgan fingerprint density at radius 3 is 2.83 bits per heavy atom. The molecule has 40 heavy (non-hydrogen) atoms. The molecule has 0 spiro atoms. The Balaban J connectivity index is 1.29. The number of hydrogen-bond donors (Lipinski definition) is 2. The average Bonchev–Trinajstić information content (AvgIpc) is 2.97. The van der Waals surface area contributed by atoms with Gasteiger partial charge < -0.3 is 25.0 Å². The predicted molar refractivity (Wildman–Crippen MR) is 161 cm³/mol. The Bertz CT molecular complexity index is 1640. The van der Waals surface area contributed by atoms with Crippen LogP contribution in [0.2, 0.25) is 0 Å². The van der Waals surface area contributed by atoms with Gasteiger partial charge in [-0.05, 0) is 72.6 Å². The molecular weight excluding hydrogens is 500 g/mol. The monoisotopic (exact) mass is 535 g/mol. The molecule has 8 heteroatoms. The highest BCUT2D eigenvalue weighted by Gasteiger charge is 2.32. The van der Waals surface area contributed by atoms with Crippen molar-refractivity contribution in [2.45, 2.75) is 26.7 Å². The second kappa shape index (κ2) is 10.6. The molecule has 0 amide bonds. The molecule has 0 unspecified atom stereocenters. The van der Waals surface area contributed by atoms with Gasteiger partial charge in [-0.25, -0.2) is 9.97 Å². The largest absolute Gasteiger partial charge is 0.475 e. The lowest BCUT2D eigenvalue weighted by molar-refractivity contribution is -0.449. The first kappa shape index (κ1) is 25.8. The van der Waals surface area contributed by atoms with Crippen molar-refractivity contribution < 1.29 is 14.0 Å². The highest BCUT2D eigenvalue weighted by atomic mass is 16.5. The zero-order valence-corrected chi connectivity index (χ0v) is 23.5. The van der Waals surface area contributed by atoms with E-state index in [2.05, 4.69) is 76.8 Å². The Kier molecular flexibility index (Phi) is 6.86. The molecule has 0 radical (unpaired) electrons. The molecule has 0 aliphatic carbocycles. The first-order valence-corrected chi connectivity index (χ1v) is 13.7. The zero-order valence-electron chi connectivity index (χ0n) is 23.5. The molecule has 2 aliphatic rings. The fourth-order valence-electron chi connectivity index (χ4n) is 5.40. The van der Waals surface area contributed by atoms with Gasteiger partial charge in [0, 0.05) is 24.5 Å². The van der Waals surface area contributed by atoms with Crippen LogP contribution in [0.25, 0.3) is 10.9 Å². The maximum absolute atomic E-state index is 6.34. The number of nitrogens with zero attached hydrogens (tertiary/aromatic N) is 4. The number of anilines is 3. The minimum absolute atomic E-state index is 0.349. The van der Waals surface area contributed by atoms with E-state index in [9.17, 15) is 0 Å². The fourth-order valence-corrected chi connectivity index (χ4v) is 5.40. The molecule has 204 valence electrons. The smallest absolute Gasteiger partial charge is 0.248 e. The second-order valence-corrected chi connectivity index (χ2v) is 10.6. The lowest BCUT2D eigenvalue weighted by Crippen LogP contribution is -2.44. The van der Waals surface area contributed by atoms with Gasteiger partial charge in [0.15, 0.2) is 13.2 Å². The summed E-state index contributed by atoms with van der Waals surface area (Å²) in [5.74, 6) is 3.51. The summed E-state index contributed by atoms with van der Waals surface area (Å²) in [6, 6.07) is 16.4. The van der Waals surface area contributed by atoms with Crippen LogP contribution in [0, 0.1) is 6.92 Å². The van der Waals surface area contributed by atoms with Crippen molar-refractivity contribution in [3.05, 3.63) is 78.8 Å². The number of fused-ring (bicyclic) bond motifs is 4. The molecule has 3 aromatic carbocycles. The van der Waals surface area contributed by atoms with Crippen molar-refractivity contribution in [1.29, 1.82) is 0 Å². The quantitative estimate of drug-likeness (QED) is 0.271. The molecule has 3 heterocycles. The highest BCUT2D eigenvalue weighted by molar-refractivity contribution is 6.00. The molecule has 4 aromatic rings. The molecule has 0 saturated heterocycles. The third-order valence-electron chi connectivity index (χ3n) is 7.57. The van der Waals surface area contributed by atoms with Crippen LogP contribution in [-0.2, 0) is 0 Å². The van der Waals surface area contributed by atoms with Crippen LogP contribution in [0.15, 0.2) is 67.6 Å². The minimum Gasteiger partial charge on any atom is -0.475 e. The third kappa shape index (κ3) is 4.75. The first-order valence-electron chi connectivity index (χ1n) is 13.7. The molecule has 0 fully saturated rings. The van der Waals surface area contributed by atoms with Crippen LogP contribution in [0.4, 0.5) is 22.9 Å². The van der Waals surface area contributed by atoms with E-state index in [1.54, 1.807) is 6.33 Å². The molecule has 0 saturated carbocycles. The van der Waals surface area contributed by atoms with Gasteiger partial charge in [-0.2, -0.15) is 4.58 Å². The predicted octanol–water partition coefficient (Wildman–Crippen LogP) is 6.26. The molecule has 6 rings (SSSR count). The van der Waals surface area contributed by atoms with E-state index in [1.165, 1.54) is 11.3 Å². The molecule has 8 nitrogen and oxygen atoms in total. The van der Waals surface area contributed by atoms with Gasteiger partial charge in [0.05, 0.1) is 24.0 Å². The Morgan fingerprint density at radius 2 is 2.02 bits per heavy atom. The standard InChI is InChI=1S/C32H35N6O2/c1-6-37(5)27-10-8-24(16-25(27)20(2)3)40-29-12-7-22(15-21(29)4)36-32-30-26(34-19-35-32)9-11-28-31(30)39-18-23-17-33-13-14-38(23)28/h6-12,15-16,19-20,33H,1,13-14,17-18H2,2-5H3,(H,34,35,36)/q+1. The van der Waals surface area contributed by atoms with Crippen molar-refractivity contribution in [1.82, 2.24) is 15.3 Å². The molecule has 2 aliphatic heterocycles. The molecular formula is C32H35N6O2+. The Labute approximate surface area is 235 Å². The van der Waals surface area contributed by atoms with Gasteiger partial charge in [0.2, 0.25) is 17.1 Å².